The highest BCUT2D eigenvalue weighted by Crippen LogP contribution is 2.13. The first kappa shape index (κ1) is 8.52. The van der Waals surface area contributed by atoms with Gasteiger partial charge in [0, 0.05) is 12.2 Å². The van der Waals surface area contributed by atoms with Crippen molar-refractivity contribution >= 4 is 11.4 Å². The maximum Gasteiger partial charge on any atom is 0.149 e. The highest BCUT2D eigenvalue weighted by atomic mass is 16.5. The van der Waals surface area contributed by atoms with E-state index in [0.717, 1.165) is 0 Å². The van der Waals surface area contributed by atoms with Crippen LogP contribution in [0.3, 0.4) is 0 Å². The predicted octanol–water partition coefficient (Wildman–Crippen LogP) is 1.10. The maximum absolute atomic E-state index is 7.51. The second-order valence-corrected chi connectivity index (χ2v) is 2.26. The summed E-state index contributed by atoms with van der Waals surface area (Å²) in [5.74, 6) is 0.721. The lowest BCUT2D eigenvalue weighted by molar-refractivity contribution is 0.292. The van der Waals surface area contributed by atoms with Crippen molar-refractivity contribution in [3.8, 4) is 0 Å². The lowest BCUT2D eigenvalue weighted by Crippen LogP contribution is -2.15. The Kier molecular flexibility index (Phi) is 2.28. The van der Waals surface area contributed by atoms with Crippen molar-refractivity contribution in [3.05, 3.63) is 23.7 Å². The molecule has 0 bridgehead atoms. The summed E-state index contributed by atoms with van der Waals surface area (Å²) in [5.41, 5.74) is 0.454. The van der Waals surface area contributed by atoms with Crippen molar-refractivity contribution < 1.29 is 9.47 Å². The quantitative estimate of drug-likeness (QED) is 0.603. The molecule has 64 valence electrons. The Morgan fingerprint density at radius 2 is 1.42 bits per heavy atom. The van der Waals surface area contributed by atoms with Crippen molar-refractivity contribution in [2.75, 3.05) is 14.2 Å². The van der Waals surface area contributed by atoms with Crippen LogP contribution in [0.15, 0.2) is 23.7 Å². The summed E-state index contributed by atoms with van der Waals surface area (Å²) >= 11 is 0. The third-order valence-electron chi connectivity index (χ3n) is 1.51. The summed E-state index contributed by atoms with van der Waals surface area (Å²) < 4.78 is 9.76. The number of hydrogen-bond donors (Lipinski definition) is 2. The van der Waals surface area contributed by atoms with Gasteiger partial charge in [0.05, 0.1) is 19.9 Å². The van der Waals surface area contributed by atoms with Crippen LogP contribution in [0.2, 0.25) is 0 Å². The Labute approximate surface area is 70.5 Å². The van der Waals surface area contributed by atoms with E-state index in [4.69, 9.17) is 20.3 Å². The fraction of sp³-hybridized carbons (Fsp3) is 0.250. The predicted molar refractivity (Wildman–Crippen MR) is 45.6 cm³/mol. The second kappa shape index (κ2) is 3.21. The lowest BCUT2D eigenvalue weighted by Gasteiger charge is -2.14. The van der Waals surface area contributed by atoms with Crippen LogP contribution in [-0.4, -0.2) is 25.6 Å². The van der Waals surface area contributed by atoms with Gasteiger partial charge in [-0.05, 0) is 0 Å². The molecule has 0 unspecified atom stereocenters. The topological polar surface area (TPSA) is 66.2 Å². The monoisotopic (exact) mass is 166 g/mol. The number of rotatable bonds is 2. The molecule has 0 atom stereocenters. The lowest BCUT2D eigenvalue weighted by atomic mass is 10.1. The van der Waals surface area contributed by atoms with E-state index in [-0.39, 0.29) is 11.4 Å². The SMILES string of the molecule is COC1=CC(=N)C=C(OC)C1=N. The molecular formula is C8H10N2O2. The van der Waals surface area contributed by atoms with Gasteiger partial charge in [-0.2, -0.15) is 0 Å². The summed E-state index contributed by atoms with van der Waals surface area (Å²) in [6.07, 6.45) is 2.95. The first-order valence-electron chi connectivity index (χ1n) is 3.38. The normalized spacial score (nSPS) is 16.8. The summed E-state index contributed by atoms with van der Waals surface area (Å²) in [7, 11) is 2.93. The van der Waals surface area contributed by atoms with Crippen LogP contribution in [0.5, 0.6) is 0 Å². The summed E-state index contributed by atoms with van der Waals surface area (Å²) in [6.45, 7) is 0. The van der Waals surface area contributed by atoms with E-state index in [2.05, 4.69) is 0 Å². The average molecular weight is 166 g/mol. The molecule has 0 saturated heterocycles. The Balaban J connectivity index is 2.98. The molecule has 0 amide bonds. The standard InChI is InChI=1S/C8H10N2O2/c1-11-6-3-5(9)4-7(12-2)8(6)10/h3-4,9-10H,1-2H3. The third kappa shape index (κ3) is 1.37. The molecule has 0 heterocycles. The van der Waals surface area contributed by atoms with E-state index in [1.807, 2.05) is 0 Å². The molecule has 0 saturated carbocycles. The summed E-state index contributed by atoms with van der Waals surface area (Å²) in [6, 6.07) is 0. The maximum atomic E-state index is 7.51. The fourth-order valence-electron chi connectivity index (χ4n) is 0.912. The largest absolute Gasteiger partial charge is 0.494 e. The minimum absolute atomic E-state index is 0.177. The van der Waals surface area contributed by atoms with Crippen LogP contribution in [0.4, 0.5) is 0 Å². The Morgan fingerprint density at radius 3 is 1.75 bits per heavy atom. The van der Waals surface area contributed by atoms with Crippen LogP contribution < -0.4 is 0 Å². The van der Waals surface area contributed by atoms with Gasteiger partial charge in [0.25, 0.3) is 0 Å². The van der Waals surface area contributed by atoms with Gasteiger partial charge in [-0.1, -0.05) is 0 Å². The molecule has 0 aromatic rings. The smallest absolute Gasteiger partial charge is 0.149 e. The molecule has 0 spiro atoms. The molecule has 1 rings (SSSR count). The van der Waals surface area contributed by atoms with E-state index in [9.17, 15) is 0 Å². The Bertz CT molecular complexity index is 263. The minimum Gasteiger partial charge on any atom is -0.494 e. The molecule has 0 fully saturated rings. The highest BCUT2D eigenvalue weighted by Gasteiger charge is 2.17. The zero-order valence-corrected chi connectivity index (χ0v) is 6.97. The van der Waals surface area contributed by atoms with Crippen molar-refractivity contribution in [1.82, 2.24) is 0 Å². The van der Waals surface area contributed by atoms with E-state index in [0.29, 0.717) is 11.5 Å². The molecule has 0 radical (unpaired) electrons. The number of nitrogens with one attached hydrogen (secondary N) is 2. The minimum atomic E-state index is 0.177. The van der Waals surface area contributed by atoms with Gasteiger partial charge in [-0.15, -0.1) is 0 Å². The number of methoxy groups -OCH3 is 2. The number of allylic oxidation sites excluding steroid dienone is 2. The van der Waals surface area contributed by atoms with Crippen LogP contribution >= 0.6 is 0 Å². The highest BCUT2D eigenvalue weighted by molar-refractivity contribution is 6.20. The van der Waals surface area contributed by atoms with Crippen molar-refractivity contribution in [2.24, 2.45) is 0 Å². The van der Waals surface area contributed by atoms with Gasteiger partial charge < -0.3 is 14.9 Å². The molecule has 2 N–H and O–H groups in total. The van der Waals surface area contributed by atoms with Gasteiger partial charge in [-0.3, -0.25) is 5.41 Å². The van der Waals surface area contributed by atoms with Crippen LogP contribution in [-0.2, 0) is 9.47 Å². The molecule has 12 heavy (non-hydrogen) atoms. The van der Waals surface area contributed by atoms with Gasteiger partial charge >= 0.3 is 0 Å². The molecule has 1 aliphatic rings. The molecule has 0 aliphatic heterocycles. The molecular weight excluding hydrogens is 156 g/mol. The van der Waals surface area contributed by atoms with Gasteiger partial charge in [0.15, 0.2) is 0 Å². The molecule has 0 aromatic heterocycles. The molecule has 0 aromatic carbocycles. The van der Waals surface area contributed by atoms with E-state index < -0.39 is 0 Å². The zero-order chi connectivity index (χ0) is 9.14. The number of ether oxygens (including phenoxy) is 2. The molecule has 4 nitrogen and oxygen atoms in total. The van der Waals surface area contributed by atoms with Crippen molar-refractivity contribution in [1.29, 1.82) is 10.8 Å². The third-order valence-corrected chi connectivity index (χ3v) is 1.51. The van der Waals surface area contributed by atoms with Gasteiger partial charge in [-0.25, -0.2) is 0 Å². The van der Waals surface area contributed by atoms with Crippen LogP contribution in [0.25, 0.3) is 0 Å². The van der Waals surface area contributed by atoms with Gasteiger partial charge in [0.2, 0.25) is 0 Å². The van der Waals surface area contributed by atoms with E-state index >= 15 is 0 Å². The fourth-order valence-corrected chi connectivity index (χ4v) is 0.912. The van der Waals surface area contributed by atoms with Gasteiger partial charge in [0.1, 0.15) is 17.2 Å². The van der Waals surface area contributed by atoms with E-state index in [1.54, 1.807) is 0 Å². The van der Waals surface area contributed by atoms with Crippen LogP contribution in [0.1, 0.15) is 0 Å². The number of hydrogen-bond acceptors (Lipinski definition) is 4. The van der Waals surface area contributed by atoms with Crippen LogP contribution in [0, 0.1) is 10.8 Å². The summed E-state index contributed by atoms with van der Waals surface area (Å²) in [4.78, 5) is 0. The summed E-state index contributed by atoms with van der Waals surface area (Å²) in [5, 5.41) is 14.8. The molecule has 1 aliphatic carbocycles. The van der Waals surface area contributed by atoms with E-state index in [1.165, 1.54) is 26.4 Å². The Morgan fingerprint density at radius 1 is 1.00 bits per heavy atom. The average Bonchev–Trinajstić information content (AvgIpc) is 2.08. The molecule has 4 heteroatoms. The Hall–Kier alpha value is -1.58. The first-order chi connectivity index (χ1) is 5.69. The first-order valence-corrected chi connectivity index (χ1v) is 3.38. The van der Waals surface area contributed by atoms with Crippen molar-refractivity contribution in [2.45, 2.75) is 0 Å². The zero-order valence-electron chi connectivity index (χ0n) is 6.97. The second-order valence-electron chi connectivity index (χ2n) is 2.26. The van der Waals surface area contributed by atoms with Crippen molar-refractivity contribution in [3.63, 3.8) is 0 Å².